The molecule has 0 fully saturated rings. The lowest BCUT2D eigenvalue weighted by molar-refractivity contribution is 0.0988. The van der Waals surface area contributed by atoms with Crippen molar-refractivity contribution in [3.8, 4) is 0 Å². The Bertz CT molecular complexity index is 578. The largest absolute Gasteiger partial charge is 0.310 e. The van der Waals surface area contributed by atoms with Gasteiger partial charge < -0.3 is 4.90 Å². The predicted molar refractivity (Wildman–Crippen MR) is 72.9 cm³/mol. The second-order valence-electron chi connectivity index (χ2n) is 4.31. The molecule has 0 atom stereocenters. The molecule has 0 aliphatic rings. The minimum Gasteiger partial charge on any atom is -0.310 e. The van der Waals surface area contributed by atoms with Crippen LogP contribution in [0, 0.1) is 13.8 Å². The average molecular weight is 240 g/mol. The van der Waals surface area contributed by atoms with Crippen LogP contribution in [-0.4, -0.2) is 17.9 Å². The van der Waals surface area contributed by atoms with Crippen LogP contribution in [0.25, 0.3) is 0 Å². The van der Waals surface area contributed by atoms with Gasteiger partial charge in [-0.2, -0.15) is 0 Å². The molecule has 0 saturated heterocycles. The van der Waals surface area contributed by atoms with E-state index in [9.17, 15) is 4.79 Å². The molecule has 0 radical (unpaired) electrons. The summed E-state index contributed by atoms with van der Waals surface area (Å²) in [5.74, 6) is -0.0898. The van der Waals surface area contributed by atoms with Gasteiger partial charge in [0.05, 0.1) is 0 Å². The van der Waals surface area contributed by atoms with E-state index in [2.05, 4.69) is 4.98 Å². The quantitative estimate of drug-likeness (QED) is 0.808. The molecular weight excluding hydrogens is 224 g/mol. The third-order valence-electron chi connectivity index (χ3n) is 2.89. The van der Waals surface area contributed by atoms with Gasteiger partial charge in [0.15, 0.2) is 0 Å². The summed E-state index contributed by atoms with van der Waals surface area (Å²) in [5, 5.41) is 0. The van der Waals surface area contributed by atoms with Gasteiger partial charge in [-0.05, 0) is 37.6 Å². The van der Waals surface area contributed by atoms with Crippen molar-refractivity contribution >= 4 is 11.6 Å². The first-order valence-electron chi connectivity index (χ1n) is 5.87. The lowest BCUT2D eigenvalue weighted by Crippen LogP contribution is -2.27. The van der Waals surface area contributed by atoms with Gasteiger partial charge >= 0.3 is 0 Å². The number of aryl methyl sites for hydroxylation is 2. The van der Waals surface area contributed by atoms with E-state index in [1.54, 1.807) is 18.0 Å². The molecule has 1 aromatic carbocycles. The van der Waals surface area contributed by atoms with Crippen molar-refractivity contribution < 1.29 is 4.79 Å². The van der Waals surface area contributed by atoms with Crippen LogP contribution in [0.3, 0.4) is 0 Å². The molecule has 0 unspecified atom stereocenters. The maximum atomic E-state index is 12.3. The molecule has 2 aromatic rings. The predicted octanol–water partition coefficient (Wildman–Crippen LogP) is 2.98. The summed E-state index contributed by atoms with van der Waals surface area (Å²) in [5.41, 5.74) is 3.30. The number of nitrogens with zero attached hydrogens (tertiary/aromatic N) is 2. The number of hydrogen-bond donors (Lipinski definition) is 0. The molecule has 0 N–H and O–H groups in total. The van der Waals surface area contributed by atoms with Crippen LogP contribution in [-0.2, 0) is 0 Å². The number of amides is 1. The summed E-state index contributed by atoms with van der Waals surface area (Å²) >= 11 is 0. The van der Waals surface area contributed by atoms with E-state index in [1.807, 2.05) is 50.2 Å². The minimum atomic E-state index is -0.0898. The molecule has 0 aliphatic carbocycles. The number of hydrogen-bond acceptors (Lipinski definition) is 2. The van der Waals surface area contributed by atoms with Crippen molar-refractivity contribution in [2.24, 2.45) is 0 Å². The summed E-state index contributed by atoms with van der Waals surface area (Å²) in [7, 11) is 1.77. The molecule has 1 aromatic heterocycles. The topological polar surface area (TPSA) is 33.2 Å². The van der Waals surface area contributed by atoms with Gasteiger partial charge in [-0.25, -0.2) is 4.98 Å². The van der Waals surface area contributed by atoms with Gasteiger partial charge in [0.1, 0.15) is 5.69 Å². The maximum Gasteiger partial charge on any atom is 0.276 e. The van der Waals surface area contributed by atoms with E-state index in [0.29, 0.717) is 5.69 Å². The van der Waals surface area contributed by atoms with Crippen molar-refractivity contribution in [3.05, 3.63) is 59.4 Å². The van der Waals surface area contributed by atoms with Crippen molar-refractivity contribution in [2.45, 2.75) is 13.8 Å². The zero-order valence-corrected chi connectivity index (χ0v) is 10.8. The highest BCUT2D eigenvalue weighted by atomic mass is 16.2. The Balaban J connectivity index is 2.32. The Labute approximate surface area is 107 Å². The minimum absolute atomic E-state index is 0.0898. The molecule has 18 heavy (non-hydrogen) atoms. The van der Waals surface area contributed by atoms with Crippen LogP contribution >= 0.6 is 0 Å². The molecule has 3 heteroatoms. The van der Waals surface area contributed by atoms with E-state index < -0.39 is 0 Å². The molecule has 92 valence electrons. The molecule has 1 heterocycles. The Morgan fingerprint density at radius 3 is 2.44 bits per heavy atom. The van der Waals surface area contributed by atoms with Crippen LogP contribution in [0.2, 0.25) is 0 Å². The average Bonchev–Trinajstić information content (AvgIpc) is 2.37. The van der Waals surface area contributed by atoms with Gasteiger partial charge in [0, 0.05) is 18.4 Å². The Morgan fingerprint density at radius 2 is 1.78 bits per heavy atom. The molecule has 3 nitrogen and oxygen atoms in total. The molecule has 0 bridgehead atoms. The third-order valence-corrected chi connectivity index (χ3v) is 2.89. The van der Waals surface area contributed by atoms with Gasteiger partial charge in [-0.15, -0.1) is 0 Å². The Morgan fingerprint density at radius 1 is 1.06 bits per heavy atom. The van der Waals surface area contributed by atoms with Gasteiger partial charge in [-0.1, -0.05) is 24.3 Å². The van der Waals surface area contributed by atoms with Gasteiger partial charge in [0.2, 0.25) is 0 Å². The fraction of sp³-hybridized carbons (Fsp3) is 0.200. The zero-order chi connectivity index (χ0) is 13.1. The van der Waals surface area contributed by atoms with E-state index in [4.69, 9.17) is 0 Å². The van der Waals surface area contributed by atoms with Crippen molar-refractivity contribution in [2.75, 3.05) is 11.9 Å². The van der Waals surface area contributed by atoms with Gasteiger partial charge in [-0.3, -0.25) is 4.79 Å². The molecule has 0 spiro atoms. The molecular formula is C15H16N2O. The summed E-state index contributed by atoms with van der Waals surface area (Å²) in [6, 6.07) is 13.3. The normalized spacial score (nSPS) is 10.2. The summed E-state index contributed by atoms with van der Waals surface area (Å²) in [6.45, 7) is 3.87. The number of rotatable bonds is 2. The third kappa shape index (κ3) is 2.40. The number of benzene rings is 1. The summed E-state index contributed by atoms with van der Waals surface area (Å²) in [4.78, 5) is 18.2. The monoisotopic (exact) mass is 240 g/mol. The highest BCUT2D eigenvalue weighted by molar-refractivity contribution is 6.04. The van der Waals surface area contributed by atoms with Crippen LogP contribution < -0.4 is 4.90 Å². The number of carbonyl (C=O) groups is 1. The number of anilines is 1. The first-order valence-corrected chi connectivity index (χ1v) is 5.87. The highest BCUT2D eigenvalue weighted by Crippen LogP contribution is 2.19. The fourth-order valence-corrected chi connectivity index (χ4v) is 1.88. The van der Waals surface area contributed by atoms with E-state index >= 15 is 0 Å². The van der Waals surface area contributed by atoms with E-state index in [-0.39, 0.29) is 5.91 Å². The molecule has 0 saturated carbocycles. The number of pyridine rings is 1. The number of aromatic nitrogens is 1. The lowest BCUT2D eigenvalue weighted by Gasteiger charge is -2.19. The standard InChI is InChI=1S/C15H16N2O/c1-11-7-4-5-10-14(11)17(3)15(18)13-9-6-8-12(2)16-13/h4-10H,1-3H3. The second kappa shape index (κ2) is 5.00. The summed E-state index contributed by atoms with van der Waals surface area (Å²) < 4.78 is 0. The number of carbonyl (C=O) groups excluding carboxylic acids is 1. The Kier molecular flexibility index (Phi) is 3.42. The van der Waals surface area contributed by atoms with Crippen LogP contribution in [0.4, 0.5) is 5.69 Å². The fourth-order valence-electron chi connectivity index (χ4n) is 1.88. The SMILES string of the molecule is Cc1cccc(C(=O)N(C)c2ccccc2C)n1. The van der Waals surface area contributed by atoms with Crippen LogP contribution in [0.5, 0.6) is 0 Å². The van der Waals surface area contributed by atoms with Crippen LogP contribution in [0.1, 0.15) is 21.7 Å². The first kappa shape index (κ1) is 12.3. The van der Waals surface area contributed by atoms with Crippen molar-refractivity contribution in [3.63, 3.8) is 0 Å². The highest BCUT2D eigenvalue weighted by Gasteiger charge is 2.15. The van der Waals surface area contributed by atoms with Crippen molar-refractivity contribution in [1.82, 2.24) is 4.98 Å². The smallest absolute Gasteiger partial charge is 0.276 e. The zero-order valence-electron chi connectivity index (χ0n) is 10.8. The van der Waals surface area contributed by atoms with E-state index in [1.165, 1.54) is 0 Å². The first-order chi connectivity index (χ1) is 8.59. The molecule has 2 rings (SSSR count). The Hall–Kier alpha value is -2.16. The van der Waals surface area contributed by atoms with E-state index in [0.717, 1.165) is 16.9 Å². The molecule has 1 amide bonds. The number of para-hydroxylation sites is 1. The van der Waals surface area contributed by atoms with Gasteiger partial charge in [0.25, 0.3) is 5.91 Å². The summed E-state index contributed by atoms with van der Waals surface area (Å²) in [6.07, 6.45) is 0. The second-order valence-corrected chi connectivity index (χ2v) is 4.31. The lowest BCUT2D eigenvalue weighted by atomic mass is 10.2. The molecule has 0 aliphatic heterocycles. The van der Waals surface area contributed by atoms with Crippen molar-refractivity contribution in [1.29, 1.82) is 0 Å². The van der Waals surface area contributed by atoms with Crippen LogP contribution in [0.15, 0.2) is 42.5 Å². The maximum absolute atomic E-state index is 12.3.